The molecule has 158 valence electrons. The van der Waals surface area contributed by atoms with Crippen LogP contribution in [0.1, 0.15) is 31.7 Å². The van der Waals surface area contributed by atoms with E-state index < -0.39 is 16.4 Å². The molecular formula is C18H25F3N2O4S. The van der Waals surface area contributed by atoms with Crippen molar-refractivity contribution < 1.29 is 31.1 Å². The fraction of sp³-hybridized carbons (Fsp3) is 0.611. The molecule has 1 saturated heterocycles. The summed E-state index contributed by atoms with van der Waals surface area (Å²) in [7, 11) is -1.67. The number of amides is 1. The predicted molar refractivity (Wildman–Crippen MR) is 98.3 cm³/mol. The molecule has 0 radical (unpaired) electrons. The van der Waals surface area contributed by atoms with Crippen LogP contribution in [-0.4, -0.2) is 61.8 Å². The maximum absolute atomic E-state index is 12.4. The Bertz CT molecular complexity index is 758. The van der Waals surface area contributed by atoms with Gasteiger partial charge in [0.1, 0.15) is 5.75 Å². The van der Waals surface area contributed by atoms with E-state index in [4.69, 9.17) is 0 Å². The highest BCUT2D eigenvalue weighted by molar-refractivity contribution is 7.89. The van der Waals surface area contributed by atoms with Gasteiger partial charge in [0.05, 0.1) is 5.75 Å². The second-order valence-corrected chi connectivity index (χ2v) is 9.04. The highest BCUT2D eigenvalue weighted by Gasteiger charge is 2.31. The van der Waals surface area contributed by atoms with Gasteiger partial charge in [-0.3, -0.25) is 4.79 Å². The third-order valence-electron chi connectivity index (χ3n) is 4.92. The van der Waals surface area contributed by atoms with E-state index >= 15 is 0 Å². The number of sulfonamides is 1. The molecule has 10 heteroatoms. The molecule has 1 fully saturated rings. The molecule has 0 N–H and O–H groups in total. The van der Waals surface area contributed by atoms with Gasteiger partial charge >= 0.3 is 6.36 Å². The van der Waals surface area contributed by atoms with Crippen LogP contribution in [0.15, 0.2) is 24.3 Å². The van der Waals surface area contributed by atoms with E-state index in [1.165, 1.54) is 28.6 Å². The van der Waals surface area contributed by atoms with Gasteiger partial charge in [0.2, 0.25) is 15.9 Å². The molecule has 28 heavy (non-hydrogen) atoms. The topological polar surface area (TPSA) is 66.9 Å². The molecule has 0 bridgehead atoms. The Morgan fingerprint density at radius 1 is 1.21 bits per heavy atom. The van der Waals surface area contributed by atoms with Crippen molar-refractivity contribution in [2.45, 2.75) is 45.0 Å². The lowest BCUT2D eigenvalue weighted by molar-refractivity contribution is -0.274. The second-order valence-electron chi connectivity index (χ2n) is 6.72. The van der Waals surface area contributed by atoms with E-state index in [9.17, 15) is 26.4 Å². The number of aryl methyl sites for hydroxylation is 1. The fourth-order valence-corrected chi connectivity index (χ4v) is 4.25. The van der Waals surface area contributed by atoms with Gasteiger partial charge in [0, 0.05) is 32.6 Å². The van der Waals surface area contributed by atoms with Crippen LogP contribution in [0.25, 0.3) is 0 Å². The molecule has 0 spiro atoms. The summed E-state index contributed by atoms with van der Waals surface area (Å²) in [6, 6.07) is 5.36. The Morgan fingerprint density at radius 2 is 1.79 bits per heavy atom. The number of hydrogen-bond donors (Lipinski definition) is 0. The average molecular weight is 422 g/mol. The van der Waals surface area contributed by atoms with Crippen LogP contribution in [0, 0.1) is 0 Å². The van der Waals surface area contributed by atoms with Crippen molar-refractivity contribution in [1.82, 2.24) is 9.21 Å². The van der Waals surface area contributed by atoms with E-state index in [1.54, 1.807) is 18.9 Å². The maximum Gasteiger partial charge on any atom is 0.573 e. The van der Waals surface area contributed by atoms with Crippen LogP contribution in [0.5, 0.6) is 5.75 Å². The zero-order chi connectivity index (χ0) is 20.9. The Balaban J connectivity index is 1.80. The number of alkyl halides is 3. The first kappa shape index (κ1) is 22.5. The second kappa shape index (κ2) is 9.13. The summed E-state index contributed by atoms with van der Waals surface area (Å²) in [5, 5.41) is 0. The summed E-state index contributed by atoms with van der Waals surface area (Å²) in [5.41, 5.74) is 0.742. The Kier molecular flexibility index (Phi) is 7.33. The quantitative estimate of drug-likeness (QED) is 0.678. The van der Waals surface area contributed by atoms with E-state index in [0.29, 0.717) is 32.4 Å². The number of rotatable bonds is 7. The molecule has 0 atom stereocenters. The molecule has 1 amide bonds. The monoisotopic (exact) mass is 422 g/mol. The predicted octanol–water partition coefficient (Wildman–Crippen LogP) is 2.79. The van der Waals surface area contributed by atoms with Crippen LogP contribution in [0.2, 0.25) is 0 Å². The Hall–Kier alpha value is -1.81. The maximum atomic E-state index is 12.4. The van der Waals surface area contributed by atoms with Crippen LogP contribution < -0.4 is 4.74 Å². The summed E-state index contributed by atoms with van der Waals surface area (Å²) in [6.07, 6.45) is -2.90. The van der Waals surface area contributed by atoms with Crippen molar-refractivity contribution in [3.8, 4) is 5.75 Å². The largest absolute Gasteiger partial charge is 0.573 e. The summed E-state index contributed by atoms with van der Waals surface area (Å²) < 4.78 is 65.6. The van der Waals surface area contributed by atoms with E-state index in [1.807, 2.05) is 0 Å². The Morgan fingerprint density at radius 3 is 2.29 bits per heavy atom. The number of piperidine rings is 1. The molecule has 2 rings (SSSR count). The van der Waals surface area contributed by atoms with Gasteiger partial charge in [-0.1, -0.05) is 12.1 Å². The molecule has 6 nitrogen and oxygen atoms in total. The van der Waals surface area contributed by atoms with E-state index in [2.05, 4.69) is 4.74 Å². The minimum absolute atomic E-state index is 0.0462. The summed E-state index contributed by atoms with van der Waals surface area (Å²) >= 11 is 0. The van der Waals surface area contributed by atoms with Gasteiger partial charge in [-0.15, -0.1) is 13.2 Å². The van der Waals surface area contributed by atoms with Crippen LogP contribution >= 0.6 is 0 Å². The zero-order valence-electron chi connectivity index (χ0n) is 15.9. The average Bonchev–Trinajstić information content (AvgIpc) is 2.65. The molecule has 0 aliphatic carbocycles. The minimum atomic E-state index is -4.73. The van der Waals surface area contributed by atoms with Gasteiger partial charge < -0.3 is 9.64 Å². The first-order chi connectivity index (χ1) is 13.0. The highest BCUT2D eigenvalue weighted by Crippen LogP contribution is 2.23. The lowest BCUT2D eigenvalue weighted by atomic mass is 10.0. The fourth-order valence-electron chi connectivity index (χ4n) is 3.18. The number of likely N-dealkylation sites (tertiary alicyclic amines) is 1. The normalized spacial score (nSPS) is 16.4. The van der Waals surface area contributed by atoms with Gasteiger partial charge in [-0.05, 0) is 43.9 Å². The number of benzene rings is 1. The van der Waals surface area contributed by atoms with Crippen molar-refractivity contribution in [2.75, 3.05) is 25.9 Å². The van der Waals surface area contributed by atoms with E-state index in [-0.39, 0.29) is 29.9 Å². The van der Waals surface area contributed by atoms with Gasteiger partial charge in [-0.2, -0.15) is 0 Å². The number of carbonyl (C=O) groups excluding carboxylic acids is 1. The first-order valence-electron chi connectivity index (χ1n) is 9.10. The van der Waals surface area contributed by atoms with Gasteiger partial charge in [0.25, 0.3) is 0 Å². The lowest BCUT2D eigenvalue weighted by Gasteiger charge is -2.36. The summed E-state index contributed by atoms with van der Waals surface area (Å²) in [5.74, 6) is -0.291. The number of carbonyl (C=O) groups is 1. The molecule has 0 aromatic heterocycles. The van der Waals surface area contributed by atoms with Gasteiger partial charge in [0.15, 0.2) is 0 Å². The molecule has 1 aliphatic rings. The number of hydrogen-bond acceptors (Lipinski definition) is 4. The molecule has 1 heterocycles. The molecule has 1 aromatic carbocycles. The highest BCUT2D eigenvalue weighted by atomic mass is 32.2. The van der Waals surface area contributed by atoms with Crippen molar-refractivity contribution in [3.63, 3.8) is 0 Å². The number of ether oxygens (including phenoxy) is 1. The first-order valence-corrected chi connectivity index (χ1v) is 10.7. The minimum Gasteiger partial charge on any atom is -0.406 e. The Labute approximate surface area is 163 Å². The third-order valence-corrected chi connectivity index (χ3v) is 6.82. The van der Waals surface area contributed by atoms with E-state index in [0.717, 1.165) is 5.56 Å². The number of nitrogens with zero attached hydrogens (tertiary/aromatic N) is 2. The van der Waals surface area contributed by atoms with Crippen LogP contribution in [0.3, 0.4) is 0 Å². The standard InChI is InChI=1S/C18H25F3N2O4S/c1-3-28(25,26)22(2)15-10-12-23(13-11-15)17(24)9-6-14-4-7-16(8-5-14)27-18(19,20)21/h4-5,7-8,15H,3,6,9-13H2,1-2H3. The molecule has 1 aromatic rings. The summed E-state index contributed by atoms with van der Waals surface area (Å²) in [6.45, 7) is 2.59. The molecule has 0 unspecified atom stereocenters. The SMILES string of the molecule is CCS(=O)(=O)N(C)C1CCN(C(=O)CCc2ccc(OC(F)(F)F)cc2)CC1. The van der Waals surface area contributed by atoms with Crippen LogP contribution in [0.4, 0.5) is 13.2 Å². The summed E-state index contributed by atoms with van der Waals surface area (Å²) in [4.78, 5) is 14.1. The van der Waals surface area contributed by atoms with Crippen molar-refractivity contribution >= 4 is 15.9 Å². The number of halogens is 3. The third kappa shape index (κ3) is 6.37. The lowest BCUT2D eigenvalue weighted by Crippen LogP contribution is -2.47. The molecule has 1 aliphatic heterocycles. The van der Waals surface area contributed by atoms with Crippen molar-refractivity contribution in [3.05, 3.63) is 29.8 Å². The smallest absolute Gasteiger partial charge is 0.406 e. The molecular weight excluding hydrogens is 397 g/mol. The molecule has 0 saturated carbocycles. The van der Waals surface area contributed by atoms with Crippen LogP contribution in [-0.2, 0) is 21.2 Å². The zero-order valence-corrected chi connectivity index (χ0v) is 16.7. The van der Waals surface area contributed by atoms with Crippen molar-refractivity contribution in [2.24, 2.45) is 0 Å². The van der Waals surface area contributed by atoms with Gasteiger partial charge in [-0.25, -0.2) is 12.7 Å². The van der Waals surface area contributed by atoms with Crippen molar-refractivity contribution in [1.29, 1.82) is 0 Å².